The molecule has 174 valence electrons. The second-order valence-electron chi connectivity index (χ2n) is 6.60. The van der Waals surface area contributed by atoms with Crippen LogP contribution in [0.25, 0.3) is 0 Å². The SMILES string of the molecule is C#C.CC[C@H](C)C(=O)O.COc1cc(S(=O)(=O)N2CCOc3ccc(N)cc32)ccc1F. The Morgan fingerprint density at radius 3 is 2.50 bits per heavy atom. The van der Waals surface area contributed by atoms with Gasteiger partial charge < -0.3 is 20.3 Å². The maximum atomic E-state index is 13.5. The number of nitrogen functional groups attached to an aromatic ring is 1. The molecule has 0 amide bonds. The van der Waals surface area contributed by atoms with Crippen molar-refractivity contribution in [1.29, 1.82) is 0 Å². The summed E-state index contributed by atoms with van der Waals surface area (Å²) in [6, 6.07) is 8.22. The van der Waals surface area contributed by atoms with Crippen molar-refractivity contribution in [2.75, 3.05) is 30.3 Å². The highest BCUT2D eigenvalue weighted by Gasteiger charge is 2.31. The largest absolute Gasteiger partial charge is 0.494 e. The Balaban J connectivity index is 0.000000488. The molecule has 32 heavy (non-hydrogen) atoms. The third-order valence-corrected chi connectivity index (χ3v) is 6.36. The first-order valence-electron chi connectivity index (χ1n) is 9.56. The molecular weight excluding hydrogens is 439 g/mol. The number of carbonyl (C=O) groups is 1. The fraction of sp³-hybridized carbons (Fsp3) is 0.318. The van der Waals surface area contributed by atoms with E-state index in [1.54, 1.807) is 19.1 Å². The van der Waals surface area contributed by atoms with Crippen LogP contribution in [0.2, 0.25) is 0 Å². The molecule has 0 radical (unpaired) electrons. The predicted molar refractivity (Wildman–Crippen MR) is 121 cm³/mol. The first kappa shape index (κ1) is 26.6. The van der Waals surface area contributed by atoms with Crippen LogP contribution in [0.1, 0.15) is 20.3 Å². The first-order chi connectivity index (χ1) is 15.1. The standard InChI is InChI=1S/C15H15FN2O4S.C5H10O2.C2H2/c1-21-15-9-11(3-4-12(15)16)23(19,20)18-6-7-22-14-5-2-10(17)8-13(14)18;1-3-4(2)5(6)7;1-2/h2-5,8-9H,6-7,17H2,1H3;4H,3H2,1-2H3,(H,6,7);1-2H/t;4-;/m.0./s1. The summed E-state index contributed by atoms with van der Waals surface area (Å²) in [5, 5.41) is 8.18. The number of sulfonamides is 1. The van der Waals surface area contributed by atoms with Gasteiger partial charge in [0.05, 0.1) is 30.2 Å². The number of hydrogen-bond donors (Lipinski definition) is 2. The minimum absolute atomic E-state index is 0.0639. The van der Waals surface area contributed by atoms with Gasteiger partial charge in [-0.15, -0.1) is 12.8 Å². The minimum atomic E-state index is -3.89. The molecule has 2 aromatic carbocycles. The zero-order valence-corrected chi connectivity index (χ0v) is 18.9. The Labute approximate surface area is 187 Å². The third-order valence-electron chi connectivity index (χ3n) is 4.55. The summed E-state index contributed by atoms with van der Waals surface area (Å²) in [5.41, 5.74) is 6.53. The van der Waals surface area contributed by atoms with Crippen LogP contribution in [0, 0.1) is 24.6 Å². The van der Waals surface area contributed by atoms with Gasteiger partial charge in [0, 0.05) is 11.8 Å². The number of nitrogens with zero attached hydrogens (tertiary/aromatic N) is 1. The van der Waals surface area contributed by atoms with E-state index >= 15 is 0 Å². The first-order valence-corrected chi connectivity index (χ1v) is 11.0. The van der Waals surface area contributed by atoms with E-state index in [-0.39, 0.29) is 29.7 Å². The maximum absolute atomic E-state index is 13.5. The van der Waals surface area contributed by atoms with E-state index in [4.69, 9.17) is 20.3 Å². The molecule has 0 unspecified atom stereocenters. The van der Waals surface area contributed by atoms with Gasteiger partial charge in [0.25, 0.3) is 10.0 Å². The van der Waals surface area contributed by atoms with Crippen molar-refractivity contribution in [3.63, 3.8) is 0 Å². The van der Waals surface area contributed by atoms with Gasteiger partial charge in [-0.25, -0.2) is 12.8 Å². The van der Waals surface area contributed by atoms with E-state index in [1.807, 2.05) is 6.92 Å². The van der Waals surface area contributed by atoms with Crippen LogP contribution in [0.5, 0.6) is 11.5 Å². The van der Waals surface area contributed by atoms with Gasteiger partial charge >= 0.3 is 5.97 Å². The summed E-state index contributed by atoms with van der Waals surface area (Å²) in [5.74, 6) is -1.21. The zero-order chi connectivity index (χ0) is 24.5. The number of hydrogen-bond acceptors (Lipinski definition) is 6. The molecule has 8 nitrogen and oxygen atoms in total. The molecular formula is C22H27FN2O6S. The van der Waals surface area contributed by atoms with Crippen LogP contribution in [0.3, 0.4) is 0 Å². The molecule has 0 saturated heterocycles. The molecule has 0 saturated carbocycles. The zero-order valence-electron chi connectivity index (χ0n) is 18.1. The van der Waals surface area contributed by atoms with Crippen molar-refractivity contribution in [3.8, 4) is 24.3 Å². The monoisotopic (exact) mass is 466 g/mol. The van der Waals surface area contributed by atoms with Crippen LogP contribution in [0.4, 0.5) is 15.8 Å². The minimum Gasteiger partial charge on any atom is -0.494 e. The number of rotatable bonds is 5. The van der Waals surface area contributed by atoms with Gasteiger partial charge in [-0.3, -0.25) is 9.10 Å². The number of carboxylic acids is 1. The Morgan fingerprint density at radius 2 is 1.97 bits per heavy atom. The second-order valence-corrected chi connectivity index (χ2v) is 8.46. The molecule has 0 fully saturated rings. The summed E-state index contributed by atoms with van der Waals surface area (Å²) in [6.07, 6.45) is 8.72. The maximum Gasteiger partial charge on any atom is 0.306 e. The normalized spacial score (nSPS) is 13.1. The van der Waals surface area contributed by atoms with Crippen LogP contribution in [-0.2, 0) is 14.8 Å². The highest BCUT2D eigenvalue weighted by molar-refractivity contribution is 7.92. The van der Waals surface area contributed by atoms with Crippen molar-refractivity contribution in [2.45, 2.75) is 25.2 Å². The molecule has 10 heteroatoms. The molecule has 3 N–H and O–H groups in total. The lowest BCUT2D eigenvalue weighted by atomic mass is 10.1. The van der Waals surface area contributed by atoms with Gasteiger partial charge in [0.2, 0.25) is 0 Å². The number of carboxylic acid groups (broad SMARTS) is 1. The Hall–Kier alpha value is -3.45. The smallest absolute Gasteiger partial charge is 0.306 e. The summed E-state index contributed by atoms with van der Waals surface area (Å²) in [4.78, 5) is 9.87. The van der Waals surface area contributed by atoms with E-state index < -0.39 is 21.8 Å². The molecule has 0 bridgehead atoms. The van der Waals surface area contributed by atoms with Gasteiger partial charge in [-0.05, 0) is 36.8 Å². The fourth-order valence-corrected chi connectivity index (χ4v) is 4.03. The lowest BCUT2D eigenvalue weighted by Gasteiger charge is -2.30. The van der Waals surface area contributed by atoms with Crippen molar-refractivity contribution in [1.82, 2.24) is 0 Å². The highest BCUT2D eigenvalue weighted by atomic mass is 32.2. The van der Waals surface area contributed by atoms with E-state index in [0.29, 0.717) is 17.1 Å². The summed E-state index contributed by atoms with van der Waals surface area (Å²) in [6.45, 7) is 3.91. The van der Waals surface area contributed by atoms with Crippen molar-refractivity contribution >= 4 is 27.4 Å². The van der Waals surface area contributed by atoms with E-state index in [1.165, 1.54) is 23.5 Å². The van der Waals surface area contributed by atoms with Gasteiger partial charge in [0.15, 0.2) is 11.6 Å². The number of benzene rings is 2. The fourth-order valence-electron chi connectivity index (χ4n) is 2.56. The van der Waals surface area contributed by atoms with Gasteiger partial charge in [-0.2, -0.15) is 0 Å². The van der Waals surface area contributed by atoms with Crippen LogP contribution in [0.15, 0.2) is 41.3 Å². The number of nitrogens with two attached hydrogens (primary N) is 1. The Kier molecular flexibility index (Phi) is 9.81. The molecule has 1 heterocycles. The van der Waals surface area contributed by atoms with Gasteiger partial charge in [-0.1, -0.05) is 13.8 Å². The van der Waals surface area contributed by atoms with Crippen molar-refractivity contribution in [2.24, 2.45) is 5.92 Å². The van der Waals surface area contributed by atoms with Crippen LogP contribution >= 0.6 is 0 Å². The average Bonchev–Trinajstić information content (AvgIpc) is 2.79. The molecule has 1 atom stereocenters. The lowest BCUT2D eigenvalue weighted by molar-refractivity contribution is -0.141. The number of anilines is 2. The van der Waals surface area contributed by atoms with Gasteiger partial charge in [0.1, 0.15) is 12.4 Å². The van der Waals surface area contributed by atoms with Crippen LogP contribution in [-0.4, -0.2) is 39.8 Å². The number of ether oxygens (including phenoxy) is 2. The summed E-state index contributed by atoms with van der Waals surface area (Å²) in [7, 11) is -2.61. The Morgan fingerprint density at radius 1 is 1.31 bits per heavy atom. The Bertz CT molecular complexity index is 1060. The van der Waals surface area contributed by atoms with E-state index in [0.717, 1.165) is 18.6 Å². The van der Waals surface area contributed by atoms with Crippen LogP contribution < -0.4 is 19.5 Å². The third kappa shape index (κ3) is 6.28. The predicted octanol–water partition coefficient (Wildman–Crippen LogP) is 3.37. The quantitative estimate of drug-likeness (QED) is 0.512. The van der Waals surface area contributed by atoms with Crippen molar-refractivity contribution < 1.29 is 32.2 Å². The molecule has 0 aromatic heterocycles. The number of fused-ring (bicyclic) bond motifs is 1. The lowest BCUT2D eigenvalue weighted by Crippen LogP contribution is -2.38. The molecule has 1 aliphatic heterocycles. The average molecular weight is 467 g/mol. The number of halogens is 1. The molecule has 0 aliphatic carbocycles. The highest BCUT2D eigenvalue weighted by Crippen LogP contribution is 2.37. The molecule has 0 spiro atoms. The molecule has 3 rings (SSSR count). The summed E-state index contributed by atoms with van der Waals surface area (Å²) >= 11 is 0. The summed E-state index contributed by atoms with van der Waals surface area (Å²) < 4.78 is 50.8. The number of aliphatic carboxylic acids is 1. The number of terminal acetylenes is 1. The molecule has 2 aromatic rings. The van der Waals surface area contributed by atoms with E-state index in [2.05, 4.69) is 12.8 Å². The molecule has 1 aliphatic rings. The second kappa shape index (κ2) is 11.8. The van der Waals surface area contributed by atoms with E-state index in [9.17, 15) is 17.6 Å². The topological polar surface area (TPSA) is 119 Å². The van der Waals surface area contributed by atoms with Crippen molar-refractivity contribution in [3.05, 3.63) is 42.2 Å². The number of methoxy groups -OCH3 is 1.